The van der Waals surface area contributed by atoms with E-state index in [0.717, 1.165) is 55.4 Å². The summed E-state index contributed by atoms with van der Waals surface area (Å²) in [6.45, 7) is 13.2. The Labute approximate surface area is 235 Å². The van der Waals surface area contributed by atoms with Gasteiger partial charge in [-0.05, 0) is 0 Å². The minimum Gasteiger partial charge on any atom is -0.481 e. The number of rotatable bonds is 5. The third-order valence-corrected chi connectivity index (χ3v) is 1.46. The van der Waals surface area contributed by atoms with Crippen molar-refractivity contribution in [2.45, 2.75) is 108 Å². The van der Waals surface area contributed by atoms with Gasteiger partial charge in [-0.3, -0.25) is 38.4 Å². The predicted molar refractivity (Wildman–Crippen MR) is 146 cm³/mol. The number of aliphatic carboxylic acids is 8. The molecule has 0 aromatic carbocycles. The molecule has 0 saturated carbocycles. The average molecular weight is 595 g/mol. The molecule has 0 heterocycles. The molecule has 0 aromatic heterocycles. The van der Waals surface area contributed by atoms with Crippen LogP contribution < -0.4 is 0 Å². The van der Waals surface area contributed by atoms with Crippen molar-refractivity contribution in [3.05, 3.63) is 0 Å². The summed E-state index contributed by atoms with van der Waals surface area (Å²) in [6.07, 6.45) is 8.49. The summed E-state index contributed by atoms with van der Waals surface area (Å²) in [5.74, 6) is -6.67. The van der Waals surface area contributed by atoms with Crippen molar-refractivity contribution in [3.8, 4) is 0 Å². The van der Waals surface area contributed by atoms with E-state index in [9.17, 15) is 0 Å². The second kappa shape index (κ2) is 59.7. The number of hydrogen-bond donors (Lipinski definition) is 8. The number of hydrogen-bond acceptors (Lipinski definition) is 8. The van der Waals surface area contributed by atoms with Crippen molar-refractivity contribution in [2.24, 2.45) is 0 Å². The van der Waals surface area contributed by atoms with Crippen LogP contribution in [0.4, 0.5) is 0 Å². The van der Waals surface area contributed by atoms with Crippen LogP contribution in [-0.2, 0) is 38.4 Å². The summed E-state index contributed by atoms with van der Waals surface area (Å²) in [4.78, 5) is 72.0. The fourth-order valence-electron chi connectivity index (χ4n) is 0.854. The summed E-state index contributed by atoms with van der Waals surface area (Å²) in [7, 11) is 0. The van der Waals surface area contributed by atoms with E-state index in [-0.39, 0.29) is 0 Å². The maximum absolute atomic E-state index is 9.00. The molecule has 0 aliphatic rings. The normalized spacial score (nSPS) is 6.95. The molecule has 0 aliphatic carbocycles. The van der Waals surface area contributed by atoms with Crippen molar-refractivity contribution in [1.82, 2.24) is 0 Å². The molecule has 0 aromatic rings. The highest BCUT2D eigenvalue weighted by Gasteiger charge is 1.83. The molecule has 0 radical (unpaired) electrons. The molecule has 0 fully saturated rings. The number of carboxylic acids is 8. The minimum atomic E-state index is -0.833. The van der Waals surface area contributed by atoms with Crippen LogP contribution in [0.2, 0.25) is 0 Å². The van der Waals surface area contributed by atoms with Crippen LogP contribution >= 0.6 is 0 Å². The summed E-state index contributed by atoms with van der Waals surface area (Å²) in [5, 5.41) is 59.3. The highest BCUT2D eigenvalue weighted by Crippen LogP contribution is 2.03. The lowest BCUT2D eigenvalue weighted by Gasteiger charge is -1.93. The Morgan fingerprint density at radius 1 is 0.300 bits per heavy atom. The summed E-state index contributed by atoms with van der Waals surface area (Å²) in [5.41, 5.74) is 0. The minimum absolute atomic E-state index is 0.833. The first-order valence-corrected chi connectivity index (χ1v) is 11.3. The largest absolute Gasteiger partial charge is 0.481 e. The quantitative estimate of drug-likeness (QED) is 0.208. The summed E-state index contributed by atoms with van der Waals surface area (Å²) < 4.78 is 0. The maximum Gasteiger partial charge on any atom is 0.300 e. The smallest absolute Gasteiger partial charge is 0.300 e. The first kappa shape index (κ1) is 60.3. The van der Waals surface area contributed by atoms with E-state index >= 15 is 0 Å². The molecule has 0 rings (SSSR count). The van der Waals surface area contributed by atoms with E-state index in [1.54, 1.807) is 0 Å². The van der Waals surface area contributed by atoms with Gasteiger partial charge in [0.2, 0.25) is 0 Å². The molecular weight excluding hydrogens is 544 g/mol. The molecule has 0 aliphatic heterocycles. The molecule has 0 spiro atoms. The van der Waals surface area contributed by atoms with Crippen LogP contribution in [0.3, 0.4) is 0 Å². The Bertz CT molecular complexity index is 446. The average Bonchev–Trinajstić information content (AvgIpc) is 2.61. The van der Waals surface area contributed by atoms with Crippen molar-refractivity contribution in [1.29, 1.82) is 0 Å². The van der Waals surface area contributed by atoms with Crippen LogP contribution in [0.1, 0.15) is 108 Å². The Kier molecular flexibility index (Phi) is 90.1. The Morgan fingerprint density at radius 2 is 0.375 bits per heavy atom. The summed E-state index contributed by atoms with van der Waals surface area (Å²) in [6, 6.07) is 0. The lowest BCUT2D eigenvalue weighted by Crippen LogP contribution is -1.78. The fourth-order valence-corrected chi connectivity index (χ4v) is 0.854. The fraction of sp³-hybridized carbons (Fsp3) is 0.667. The first-order valence-electron chi connectivity index (χ1n) is 11.3. The van der Waals surface area contributed by atoms with Crippen LogP contribution in [0.5, 0.6) is 0 Å². The van der Waals surface area contributed by atoms with E-state index in [0.29, 0.717) is 0 Å². The molecule has 242 valence electrons. The van der Waals surface area contributed by atoms with E-state index in [4.69, 9.17) is 79.2 Å². The molecule has 16 heteroatoms. The molecule has 0 unspecified atom stereocenters. The van der Waals surface area contributed by atoms with Crippen LogP contribution in [0, 0.1) is 0 Å². The zero-order chi connectivity index (χ0) is 34.9. The van der Waals surface area contributed by atoms with Gasteiger partial charge in [0.25, 0.3) is 47.8 Å². The zero-order valence-electron chi connectivity index (χ0n) is 25.1. The Balaban J connectivity index is -0.0000000392. The third kappa shape index (κ3) is 62700. The number of unbranched alkanes of at least 4 members (excludes halogenated alkanes) is 5. The van der Waals surface area contributed by atoms with Crippen LogP contribution in [0.25, 0.3) is 0 Å². The molecule has 0 atom stereocenters. The van der Waals surface area contributed by atoms with Gasteiger partial charge in [0.15, 0.2) is 0 Å². The van der Waals surface area contributed by atoms with Gasteiger partial charge in [-0.15, -0.1) is 0 Å². The molecule has 40 heavy (non-hydrogen) atoms. The highest BCUT2D eigenvalue weighted by atomic mass is 16.4. The molecule has 0 amide bonds. The zero-order valence-corrected chi connectivity index (χ0v) is 25.1. The number of carbonyl (C=O) groups is 8. The standard InChI is InChI=1S/C8H18.8C2H4O2/c1-3-5-7-8-6-4-2;8*1-2(3)4/h3-8H2,1-2H3;8*1H3,(H,3,4). The highest BCUT2D eigenvalue weighted by molar-refractivity contribution is 5.64. The van der Waals surface area contributed by atoms with Gasteiger partial charge in [0.05, 0.1) is 0 Å². The number of carboxylic acid groups (broad SMARTS) is 8. The van der Waals surface area contributed by atoms with Crippen molar-refractivity contribution in [3.63, 3.8) is 0 Å². The van der Waals surface area contributed by atoms with E-state index in [1.807, 2.05) is 0 Å². The lowest BCUT2D eigenvalue weighted by molar-refractivity contribution is -0.135. The van der Waals surface area contributed by atoms with Gasteiger partial charge in [0, 0.05) is 55.4 Å². The third-order valence-electron chi connectivity index (χ3n) is 1.46. The molecule has 8 N–H and O–H groups in total. The second-order valence-corrected chi connectivity index (χ2v) is 6.57. The predicted octanol–water partition coefficient (Wildman–Crippen LogP) is 4.09. The van der Waals surface area contributed by atoms with Crippen molar-refractivity contribution in [2.75, 3.05) is 0 Å². The van der Waals surface area contributed by atoms with Gasteiger partial charge in [0.1, 0.15) is 0 Å². The SMILES string of the molecule is CC(=O)O.CC(=O)O.CC(=O)O.CC(=O)O.CC(=O)O.CC(=O)O.CC(=O)O.CC(=O)O.CCCCCCCC. The van der Waals surface area contributed by atoms with Crippen molar-refractivity contribution < 1.29 is 79.2 Å². The van der Waals surface area contributed by atoms with Gasteiger partial charge in [-0.1, -0.05) is 52.4 Å². The Hall–Kier alpha value is -4.24. The van der Waals surface area contributed by atoms with Crippen LogP contribution in [0.15, 0.2) is 0 Å². The first-order chi connectivity index (χ1) is 17.8. The monoisotopic (exact) mass is 594 g/mol. The summed E-state index contributed by atoms with van der Waals surface area (Å²) >= 11 is 0. The van der Waals surface area contributed by atoms with Gasteiger partial charge >= 0.3 is 0 Å². The molecular formula is C24H50O16. The molecule has 0 saturated heterocycles. The van der Waals surface area contributed by atoms with E-state index in [1.165, 1.54) is 38.5 Å². The second-order valence-electron chi connectivity index (χ2n) is 6.57. The van der Waals surface area contributed by atoms with E-state index in [2.05, 4.69) is 13.8 Å². The maximum atomic E-state index is 9.00. The van der Waals surface area contributed by atoms with Gasteiger partial charge in [-0.25, -0.2) is 0 Å². The van der Waals surface area contributed by atoms with Gasteiger partial charge < -0.3 is 40.9 Å². The van der Waals surface area contributed by atoms with Crippen molar-refractivity contribution >= 4 is 47.8 Å². The van der Waals surface area contributed by atoms with Crippen LogP contribution in [-0.4, -0.2) is 88.6 Å². The topological polar surface area (TPSA) is 298 Å². The van der Waals surface area contributed by atoms with Gasteiger partial charge in [-0.2, -0.15) is 0 Å². The van der Waals surface area contributed by atoms with E-state index < -0.39 is 47.8 Å². The lowest BCUT2D eigenvalue weighted by atomic mass is 10.1. The Morgan fingerprint density at radius 3 is 0.425 bits per heavy atom. The molecule has 0 bridgehead atoms. The molecule has 16 nitrogen and oxygen atoms in total.